The lowest BCUT2D eigenvalue weighted by atomic mass is 10.0. The minimum Gasteiger partial charge on any atom is -0.380 e. The van der Waals surface area contributed by atoms with Crippen LogP contribution in [0, 0.1) is 5.82 Å². The fraction of sp³-hybridized carbons (Fsp3) is 0. The molecule has 0 saturated carbocycles. The van der Waals surface area contributed by atoms with Crippen LogP contribution in [0.2, 0.25) is 0 Å². The van der Waals surface area contributed by atoms with Gasteiger partial charge in [0.1, 0.15) is 5.82 Å². The molecule has 0 aliphatic heterocycles. The monoisotopic (exact) mass is 332 g/mol. The van der Waals surface area contributed by atoms with Gasteiger partial charge in [-0.2, -0.15) is 0 Å². The molecule has 0 fully saturated rings. The van der Waals surface area contributed by atoms with E-state index in [9.17, 15) is 4.39 Å². The van der Waals surface area contributed by atoms with Crippen LogP contribution < -0.4 is 5.73 Å². The summed E-state index contributed by atoms with van der Waals surface area (Å²) in [5.41, 5.74) is 8.01. The lowest BCUT2D eigenvalue weighted by Crippen LogP contribution is -1.89. The number of nitrogens with two attached hydrogens (primary N) is 1. The number of nitrogen functional groups attached to an aromatic ring is 1. The van der Waals surface area contributed by atoms with Crippen molar-refractivity contribution in [2.45, 2.75) is 0 Å². The number of nitrogens with zero attached hydrogens (tertiary/aromatic N) is 1. The predicted molar refractivity (Wildman–Crippen MR) is 79.4 cm³/mol. The van der Waals surface area contributed by atoms with Crippen LogP contribution in [-0.2, 0) is 0 Å². The zero-order valence-electron chi connectivity index (χ0n) is 10.3. The summed E-state index contributed by atoms with van der Waals surface area (Å²) in [6, 6.07) is 14.0. The van der Waals surface area contributed by atoms with Crippen molar-refractivity contribution >= 4 is 21.7 Å². The van der Waals surface area contributed by atoms with Gasteiger partial charge in [-0.15, -0.1) is 0 Å². The average molecular weight is 333 g/mol. The summed E-state index contributed by atoms with van der Waals surface area (Å²) in [6.07, 6.45) is 0. The highest BCUT2D eigenvalue weighted by molar-refractivity contribution is 9.10. The van der Waals surface area contributed by atoms with Crippen LogP contribution >= 0.6 is 15.9 Å². The van der Waals surface area contributed by atoms with Gasteiger partial charge in [-0.3, -0.25) is 0 Å². The molecule has 0 atom stereocenters. The molecule has 2 aromatic carbocycles. The van der Waals surface area contributed by atoms with Crippen LogP contribution in [-0.4, -0.2) is 5.16 Å². The molecule has 0 bridgehead atoms. The van der Waals surface area contributed by atoms with E-state index in [1.165, 1.54) is 12.1 Å². The molecular weight excluding hydrogens is 323 g/mol. The first-order chi connectivity index (χ1) is 9.65. The zero-order chi connectivity index (χ0) is 14.1. The summed E-state index contributed by atoms with van der Waals surface area (Å²) in [7, 11) is 0. The summed E-state index contributed by atoms with van der Waals surface area (Å²) < 4.78 is 19.4. The molecule has 0 saturated heterocycles. The Morgan fingerprint density at radius 3 is 2.50 bits per heavy atom. The Morgan fingerprint density at radius 1 is 1.05 bits per heavy atom. The standard InChI is InChI=1S/C15H10BrFN2O/c16-11-6-10(7-12(17)8-11)14-13(15(18)19-20-14)9-4-2-1-3-5-9/h1-8H,(H2,18,19). The number of hydrogen-bond acceptors (Lipinski definition) is 3. The van der Waals surface area contributed by atoms with Gasteiger partial charge in [-0.1, -0.05) is 51.4 Å². The highest BCUT2D eigenvalue weighted by Crippen LogP contribution is 2.37. The van der Waals surface area contributed by atoms with Gasteiger partial charge in [0.05, 0.1) is 5.56 Å². The first-order valence-electron chi connectivity index (χ1n) is 5.92. The molecule has 20 heavy (non-hydrogen) atoms. The molecule has 3 rings (SSSR count). The second kappa shape index (κ2) is 5.09. The second-order valence-corrected chi connectivity index (χ2v) is 5.21. The van der Waals surface area contributed by atoms with Crippen LogP contribution in [0.1, 0.15) is 0 Å². The number of aromatic nitrogens is 1. The molecule has 0 unspecified atom stereocenters. The maximum Gasteiger partial charge on any atom is 0.177 e. The molecule has 2 N–H and O–H groups in total. The Labute approximate surface area is 123 Å². The fourth-order valence-corrected chi connectivity index (χ4v) is 2.53. The number of halogens is 2. The van der Waals surface area contributed by atoms with E-state index in [1.54, 1.807) is 6.07 Å². The minimum absolute atomic E-state index is 0.284. The van der Waals surface area contributed by atoms with E-state index in [0.29, 0.717) is 21.4 Å². The van der Waals surface area contributed by atoms with Gasteiger partial charge in [-0.25, -0.2) is 4.39 Å². The van der Waals surface area contributed by atoms with Crippen molar-refractivity contribution in [3.05, 3.63) is 58.8 Å². The summed E-state index contributed by atoms with van der Waals surface area (Å²) in [5.74, 6) is 0.379. The van der Waals surface area contributed by atoms with Crippen LogP contribution in [0.3, 0.4) is 0 Å². The van der Waals surface area contributed by atoms with Gasteiger partial charge in [0, 0.05) is 10.0 Å². The SMILES string of the molecule is Nc1noc(-c2cc(F)cc(Br)c2)c1-c1ccccc1. The highest BCUT2D eigenvalue weighted by atomic mass is 79.9. The Hall–Kier alpha value is -2.14. The lowest BCUT2D eigenvalue weighted by Gasteiger charge is -2.03. The Kier molecular flexibility index (Phi) is 3.28. The van der Waals surface area contributed by atoms with Crippen molar-refractivity contribution in [2.75, 3.05) is 5.73 Å². The van der Waals surface area contributed by atoms with E-state index in [-0.39, 0.29) is 11.6 Å². The molecule has 0 amide bonds. The van der Waals surface area contributed by atoms with Crippen LogP contribution in [0.4, 0.5) is 10.2 Å². The molecular formula is C15H10BrFN2O. The molecule has 100 valence electrons. The van der Waals surface area contributed by atoms with E-state index in [2.05, 4.69) is 21.1 Å². The quantitative estimate of drug-likeness (QED) is 0.752. The molecule has 0 aliphatic carbocycles. The number of benzene rings is 2. The Morgan fingerprint density at radius 2 is 1.80 bits per heavy atom. The molecule has 1 heterocycles. The van der Waals surface area contributed by atoms with Crippen molar-refractivity contribution in [1.29, 1.82) is 0 Å². The Balaban J connectivity index is 2.21. The molecule has 1 aromatic heterocycles. The number of hydrogen-bond donors (Lipinski definition) is 1. The van der Waals surface area contributed by atoms with E-state index in [1.807, 2.05) is 30.3 Å². The Bertz CT molecular complexity index is 736. The van der Waals surface area contributed by atoms with Gasteiger partial charge in [0.15, 0.2) is 11.6 Å². The molecule has 0 radical (unpaired) electrons. The molecule has 5 heteroatoms. The molecule has 3 nitrogen and oxygen atoms in total. The van der Waals surface area contributed by atoms with Crippen molar-refractivity contribution in [2.24, 2.45) is 0 Å². The summed E-state index contributed by atoms with van der Waals surface area (Å²) in [5, 5.41) is 3.79. The van der Waals surface area contributed by atoms with Crippen LogP contribution in [0.5, 0.6) is 0 Å². The topological polar surface area (TPSA) is 52.0 Å². The third-order valence-corrected chi connectivity index (χ3v) is 3.36. The van der Waals surface area contributed by atoms with Crippen molar-refractivity contribution in [1.82, 2.24) is 5.16 Å². The van der Waals surface area contributed by atoms with Crippen molar-refractivity contribution < 1.29 is 8.91 Å². The fourth-order valence-electron chi connectivity index (χ4n) is 2.07. The van der Waals surface area contributed by atoms with Crippen molar-refractivity contribution in [3.8, 4) is 22.5 Å². The van der Waals surface area contributed by atoms with E-state index < -0.39 is 0 Å². The summed E-state index contributed by atoms with van der Waals surface area (Å²) in [6.45, 7) is 0. The molecule has 0 aliphatic rings. The smallest absolute Gasteiger partial charge is 0.177 e. The molecule has 3 aromatic rings. The first kappa shape index (κ1) is 12.9. The number of rotatable bonds is 2. The van der Waals surface area contributed by atoms with Gasteiger partial charge in [0.25, 0.3) is 0 Å². The third-order valence-electron chi connectivity index (χ3n) is 2.91. The first-order valence-corrected chi connectivity index (χ1v) is 6.71. The van der Waals surface area contributed by atoms with E-state index in [0.717, 1.165) is 5.56 Å². The second-order valence-electron chi connectivity index (χ2n) is 4.30. The van der Waals surface area contributed by atoms with Gasteiger partial charge >= 0.3 is 0 Å². The summed E-state index contributed by atoms with van der Waals surface area (Å²) >= 11 is 3.26. The zero-order valence-corrected chi connectivity index (χ0v) is 11.9. The third kappa shape index (κ3) is 2.32. The summed E-state index contributed by atoms with van der Waals surface area (Å²) in [4.78, 5) is 0. The van der Waals surface area contributed by atoms with Crippen LogP contribution in [0.15, 0.2) is 57.5 Å². The van der Waals surface area contributed by atoms with Crippen molar-refractivity contribution in [3.63, 3.8) is 0 Å². The maximum absolute atomic E-state index is 13.5. The average Bonchev–Trinajstić information content (AvgIpc) is 2.80. The maximum atomic E-state index is 13.5. The predicted octanol–water partition coefficient (Wildman–Crippen LogP) is 4.49. The largest absolute Gasteiger partial charge is 0.380 e. The van der Waals surface area contributed by atoms with Crippen LogP contribution in [0.25, 0.3) is 22.5 Å². The van der Waals surface area contributed by atoms with E-state index in [4.69, 9.17) is 10.3 Å². The van der Waals surface area contributed by atoms with Gasteiger partial charge in [-0.05, 0) is 23.8 Å². The highest BCUT2D eigenvalue weighted by Gasteiger charge is 2.18. The normalized spacial score (nSPS) is 10.7. The lowest BCUT2D eigenvalue weighted by molar-refractivity contribution is 0.436. The van der Waals surface area contributed by atoms with E-state index >= 15 is 0 Å². The van der Waals surface area contributed by atoms with Gasteiger partial charge in [0.2, 0.25) is 0 Å². The van der Waals surface area contributed by atoms with Gasteiger partial charge < -0.3 is 10.3 Å². The minimum atomic E-state index is -0.358. The molecule has 0 spiro atoms. The number of anilines is 1.